The van der Waals surface area contributed by atoms with E-state index < -0.39 is 11.8 Å². The SMILES string of the molecule is CSc1cccc(NC(=O)C(=O)N(C=O)CCCN)c1. The molecule has 1 rings (SSSR count). The second-order valence-corrected chi connectivity index (χ2v) is 4.81. The van der Waals surface area contributed by atoms with E-state index in [4.69, 9.17) is 5.73 Å². The van der Waals surface area contributed by atoms with Gasteiger partial charge in [0.05, 0.1) is 0 Å². The van der Waals surface area contributed by atoms with Crippen molar-refractivity contribution in [2.45, 2.75) is 11.3 Å². The molecular weight excluding hydrogens is 278 g/mol. The third kappa shape index (κ3) is 4.67. The molecule has 0 aliphatic heterocycles. The summed E-state index contributed by atoms with van der Waals surface area (Å²) in [4.78, 5) is 36.1. The van der Waals surface area contributed by atoms with Crippen molar-refractivity contribution in [3.63, 3.8) is 0 Å². The topological polar surface area (TPSA) is 92.5 Å². The minimum atomic E-state index is -0.886. The van der Waals surface area contributed by atoms with Gasteiger partial charge in [-0.2, -0.15) is 0 Å². The maximum atomic E-state index is 11.8. The number of carbonyl (C=O) groups is 3. The van der Waals surface area contributed by atoms with Crippen molar-refractivity contribution in [2.24, 2.45) is 5.73 Å². The lowest BCUT2D eigenvalue weighted by Crippen LogP contribution is -2.39. The number of anilines is 1. The quantitative estimate of drug-likeness (QED) is 0.457. The lowest BCUT2D eigenvalue weighted by atomic mass is 10.3. The number of rotatable bonds is 6. The molecule has 108 valence electrons. The number of imide groups is 1. The normalized spacial score (nSPS) is 9.90. The number of carbonyl (C=O) groups excluding carboxylic acids is 3. The maximum absolute atomic E-state index is 11.8. The standard InChI is InChI=1S/C13H17N3O3S/c1-20-11-5-2-4-10(8-11)15-12(18)13(19)16(9-17)7-3-6-14/h2,4-5,8-9H,3,6-7,14H2,1H3,(H,15,18). The number of amides is 3. The molecule has 0 aromatic heterocycles. The van der Waals surface area contributed by atoms with Crippen molar-refractivity contribution in [1.82, 2.24) is 4.90 Å². The Morgan fingerprint density at radius 2 is 2.20 bits per heavy atom. The Bertz CT molecular complexity index is 494. The fourth-order valence-corrected chi connectivity index (χ4v) is 1.94. The Kier molecular flexibility index (Phi) is 6.75. The van der Waals surface area contributed by atoms with Crippen LogP contribution in [0.25, 0.3) is 0 Å². The molecule has 0 radical (unpaired) electrons. The predicted molar refractivity (Wildman–Crippen MR) is 78.3 cm³/mol. The highest BCUT2D eigenvalue weighted by molar-refractivity contribution is 7.98. The van der Waals surface area contributed by atoms with Gasteiger partial charge in [-0.05, 0) is 37.4 Å². The lowest BCUT2D eigenvalue weighted by molar-refractivity contribution is -0.146. The van der Waals surface area contributed by atoms with Crippen molar-refractivity contribution < 1.29 is 14.4 Å². The van der Waals surface area contributed by atoms with E-state index in [1.54, 1.807) is 18.2 Å². The number of nitrogens with one attached hydrogen (secondary N) is 1. The van der Waals surface area contributed by atoms with Gasteiger partial charge in [-0.1, -0.05) is 6.07 Å². The van der Waals surface area contributed by atoms with Crippen LogP contribution in [-0.4, -0.2) is 42.5 Å². The average Bonchev–Trinajstić information content (AvgIpc) is 2.47. The molecule has 0 bridgehead atoms. The molecule has 0 aliphatic rings. The predicted octanol–water partition coefficient (Wildman–Crippen LogP) is 0.681. The van der Waals surface area contributed by atoms with E-state index in [0.29, 0.717) is 25.1 Å². The van der Waals surface area contributed by atoms with Gasteiger partial charge in [0.25, 0.3) is 0 Å². The van der Waals surface area contributed by atoms with Crippen LogP contribution < -0.4 is 11.1 Å². The summed E-state index contributed by atoms with van der Waals surface area (Å²) in [5.74, 6) is -1.73. The van der Waals surface area contributed by atoms with Crippen LogP contribution >= 0.6 is 11.8 Å². The summed E-state index contributed by atoms with van der Waals surface area (Å²) in [6.45, 7) is 0.478. The molecule has 3 N–H and O–H groups in total. The molecule has 0 heterocycles. The smallest absolute Gasteiger partial charge is 0.318 e. The Balaban J connectivity index is 2.68. The lowest BCUT2D eigenvalue weighted by Gasteiger charge is -2.14. The first-order valence-corrected chi connectivity index (χ1v) is 7.26. The second kappa shape index (κ2) is 8.34. The van der Waals surface area contributed by atoms with E-state index in [1.807, 2.05) is 12.3 Å². The third-order valence-corrected chi connectivity index (χ3v) is 3.24. The summed E-state index contributed by atoms with van der Waals surface area (Å²) in [5, 5.41) is 2.47. The van der Waals surface area contributed by atoms with Crippen LogP contribution in [0.3, 0.4) is 0 Å². The molecule has 3 amide bonds. The highest BCUT2D eigenvalue weighted by Gasteiger charge is 2.21. The maximum Gasteiger partial charge on any atom is 0.318 e. The van der Waals surface area contributed by atoms with Crippen molar-refractivity contribution >= 4 is 35.7 Å². The van der Waals surface area contributed by atoms with E-state index in [9.17, 15) is 14.4 Å². The zero-order valence-electron chi connectivity index (χ0n) is 11.2. The highest BCUT2D eigenvalue weighted by atomic mass is 32.2. The molecule has 0 fully saturated rings. The van der Waals surface area contributed by atoms with Gasteiger partial charge in [0.1, 0.15) is 0 Å². The minimum Gasteiger partial charge on any atom is -0.330 e. The van der Waals surface area contributed by atoms with Gasteiger partial charge in [-0.25, -0.2) is 0 Å². The summed E-state index contributed by atoms with van der Waals surface area (Å²) in [6, 6.07) is 7.09. The molecule has 7 heteroatoms. The molecule has 0 aliphatic carbocycles. The van der Waals surface area contributed by atoms with Crippen molar-refractivity contribution in [2.75, 3.05) is 24.7 Å². The van der Waals surface area contributed by atoms with Crippen LogP contribution in [0.2, 0.25) is 0 Å². The van der Waals surface area contributed by atoms with Crippen LogP contribution in [0, 0.1) is 0 Å². The van der Waals surface area contributed by atoms with Gasteiger partial charge in [0.2, 0.25) is 6.41 Å². The first-order valence-electron chi connectivity index (χ1n) is 6.03. The van der Waals surface area contributed by atoms with Crippen molar-refractivity contribution in [1.29, 1.82) is 0 Å². The first kappa shape index (κ1) is 16.2. The van der Waals surface area contributed by atoms with Crippen molar-refractivity contribution in [3.8, 4) is 0 Å². The van der Waals surface area contributed by atoms with E-state index in [-0.39, 0.29) is 6.54 Å². The van der Waals surface area contributed by atoms with Crippen LogP contribution in [0.1, 0.15) is 6.42 Å². The van der Waals surface area contributed by atoms with E-state index in [0.717, 1.165) is 9.80 Å². The molecule has 0 atom stereocenters. The molecule has 20 heavy (non-hydrogen) atoms. The van der Waals surface area contributed by atoms with Gasteiger partial charge in [0.15, 0.2) is 0 Å². The fraction of sp³-hybridized carbons (Fsp3) is 0.308. The number of nitrogens with zero attached hydrogens (tertiary/aromatic N) is 1. The zero-order chi connectivity index (χ0) is 15.0. The van der Waals surface area contributed by atoms with Gasteiger partial charge in [0, 0.05) is 17.1 Å². The average molecular weight is 295 g/mol. The summed E-state index contributed by atoms with van der Waals surface area (Å²) in [5.41, 5.74) is 5.82. The fourth-order valence-electron chi connectivity index (χ4n) is 1.48. The van der Waals surface area contributed by atoms with E-state index in [2.05, 4.69) is 5.32 Å². The molecule has 0 unspecified atom stereocenters. The Labute approximate surface area is 121 Å². The third-order valence-electron chi connectivity index (χ3n) is 2.51. The van der Waals surface area contributed by atoms with Crippen LogP contribution in [0.4, 0.5) is 5.69 Å². The summed E-state index contributed by atoms with van der Waals surface area (Å²) < 4.78 is 0. The molecular formula is C13H17N3O3S. The number of benzene rings is 1. The van der Waals surface area contributed by atoms with Crippen molar-refractivity contribution in [3.05, 3.63) is 24.3 Å². The monoisotopic (exact) mass is 295 g/mol. The molecule has 0 saturated carbocycles. The Hall–Kier alpha value is -1.86. The Morgan fingerprint density at radius 3 is 2.80 bits per heavy atom. The molecule has 0 saturated heterocycles. The van der Waals surface area contributed by atoms with E-state index >= 15 is 0 Å². The summed E-state index contributed by atoms with van der Waals surface area (Å²) >= 11 is 1.52. The summed E-state index contributed by atoms with van der Waals surface area (Å²) in [6.07, 6.45) is 2.71. The van der Waals surface area contributed by atoms with Gasteiger partial charge >= 0.3 is 11.8 Å². The largest absolute Gasteiger partial charge is 0.330 e. The highest BCUT2D eigenvalue weighted by Crippen LogP contribution is 2.18. The van der Waals surface area contributed by atoms with E-state index in [1.165, 1.54) is 11.8 Å². The molecule has 1 aromatic carbocycles. The van der Waals surface area contributed by atoms with Gasteiger partial charge in [-0.15, -0.1) is 11.8 Å². The first-order chi connectivity index (χ1) is 9.62. The molecule has 6 nitrogen and oxygen atoms in total. The Morgan fingerprint density at radius 1 is 1.45 bits per heavy atom. The van der Waals surface area contributed by atoms with Crippen LogP contribution in [-0.2, 0) is 14.4 Å². The number of hydrogen-bond donors (Lipinski definition) is 2. The van der Waals surface area contributed by atoms with Gasteiger partial charge in [-0.3, -0.25) is 19.3 Å². The number of thioether (sulfide) groups is 1. The number of hydrogen-bond acceptors (Lipinski definition) is 5. The molecule has 0 spiro atoms. The van der Waals surface area contributed by atoms with Gasteiger partial charge < -0.3 is 11.1 Å². The molecule has 1 aromatic rings. The van der Waals surface area contributed by atoms with Crippen LogP contribution in [0.15, 0.2) is 29.2 Å². The minimum absolute atomic E-state index is 0.136. The summed E-state index contributed by atoms with van der Waals surface area (Å²) in [7, 11) is 0. The number of nitrogens with two attached hydrogens (primary N) is 1. The second-order valence-electron chi connectivity index (χ2n) is 3.93. The zero-order valence-corrected chi connectivity index (χ0v) is 12.0. The van der Waals surface area contributed by atoms with Crippen LogP contribution in [0.5, 0.6) is 0 Å².